The Balaban J connectivity index is 2.55. The molecule has 0 saturated heterocycles. The maximum absolute atomic E-state index is 12.8. The van der Waals surface area contributed by atoms with Crippen LogP contribution in [0.3, 0.4) is 0 Å². The number of carbonyl (C=O) groups excluding carboxylic acids is 1. The van der Waals surface area contributed by atoms with Crippen molar-refractivity contribution < 1.29 is 35.9 Å². The Morgan fingerprint density at radius 2 is 1.25 bits per heavy atom. The Morgan fingerprint density at radius 1 is 0.792 bits per heavy atom. The van der Waals surface area contributed by atoms with Crippen LogP contribution in [0, 0.1) is 0 Å². The average molecular weight is 348 g/mol. The van der Waals surface area contributed by atoms with Crippen molar-refractivity contribution in [3.8, 4) is 11.1 Å². The summed E-state index contributed by atoms with van der Waals surface area (Å²) < 4.78 is 81.5. The molecular formula is C16H10F6O2. The number of benzene rings is 2. The number of methoxy groups -OCH3 is 1. The van der Waals surface area contributed by atoms with Gasteiger partial charge in [0.1, 0.15) is 0 Å². The van der Waals surface area contributed by atoms with Crippen molar-refractivity contribution in [1.29, 1.82) is 0 Å². The molecule has 0 fully saturated rings. The lowest BCUT2D eigenvalue weighted by Crippen LogP contribution is -2.11. The standard InChI is InChI=1S/C16H10F6O2/c1-24-14(23)10-4-2-9(3-5-10)11-6-12(15(17,18)19)8-13(7-11)16(20,21)22/h2-8H,1H3. The van der Waals surface area contributed by atoms with Crippen LogP contribution < -0.4 is 0 Å². The van der Waals surface area contributed by atoms with Gasteiger partial charge in [-0.1, -0.05) is 12.1 Å². The fraction of sp³-hybridized carbons (Fsp3) is 0.188. The highest BCUT2D eigenvalue weighted by atomic mass is 19.4. The molecule has 2 aromatic rings. The Hall–Kier alpha value is -2.51. The minimum absolute atomic E-state index is 0.0618. The van der Waals surface area contributed by atoms with Crippen LogP contribution in [0.5, 0.6) is 0 Å². The van der Waals surface area contributed by atoms with E-state index in [1.54, 1.807) is 0 Å². The molecule has 0 amide bonds. The van der Waals surface area contributed by atoms with Gasteiger partial charge in [-0.25, -0.2) is 4.79 Å². The second-order valence-corrected chi connectivity index (χ2v) is 4.86. The van der Waals surface area contributed by atoms with E-state index in [0.717, 1.165) is 7.11 Å². The summed E-state index contributed by atoms with van der Waals surface area (Å²) in [5, 5.41) is 0. The van der Waals surface area contributed by atoms with Crippen LogP contribution in [0.2, 0.25) is 0 Å². The number of carbonyl (C=O) groups is 1. The molecule has 0 aliphatic rings. The van der Waals surface area contributed by atoms with E-state index in [0.29, 0.717) is 12.1 Å². The maximum Gasteiger partial charge on any atom is 0.416 e. The van der Waals surface area contributed by atoms with Crippen molar-refractivity contribution in [1.82, 2.24) is 0 Å². The van der Waals surface area contributed by atoms with Gasteiger partial charge in [-0.05, 0) is 41.5 Å². The summed E-state index contributed by atoms with van der Waals surface area (Å²) in [6.45, 7) is 0. The highest BCUT2D eigenvalue weighted by Gasteiger charge is 2.36. The first-order valence-electron chi connectivity index (χ1n) is 6.50. The van der Waals surface area contributed by atoms with Crippen LogP contribution >= 0.6 is 0 Å². The van der Waals surface area contributed by atoms with E-state index in [1.807, 2.05) is 0 Å². The second-order valence-electron chi connectivity index (χ2n) is 4.86. The molecule has 0 saturated carbocycles. The molecule has 0 radical (unpaired) electrons. The van der Waals surface area contributed by atoms with Gasteiger partial charge in [0, 0.05) is 0 Å². The topological polar surface area (TPSA) is 26.3 Å². The third kappa shape index (κ3) is 3.87. The first-order valence-corrected chi connectivity index (χ1v) is 6.50. The quantitative estimate of drug-likeness (QED) is 0.552. The third-order valence-corrected chi connectivity index (χ3v) is 3.23. The SMILES string of the molecule is COC(=O)c1ccc(-c2cc(C(F)(F)F)cc(C(F)(F)F)c2)cc1. The van der Waals surface area contributed by atoms with Crippen molar-refractivity contribution in [2.75, 3.05) is 7.11 Å². The lowest BCUT2D eigenvalue weighted by molar-refractivity contribution is -0.143. The summed E-state index contributed by atoms with van der Waals surface area (Å²) >= 11 is 0. The molecule has 0 atom stereocenters. The molecule has 24 heavy (non-hydrogen) atoms. The van der Waals surface area contributed by atoms with Crippen LogP contribution in [0.4, 0.5) is 26.3 Å². The number of hydrogen-bond acceptors (Lipinski definition) is 2. The van der Waals surface area contributed by atoms with Gasteiger partial charge in [-0.3, -0.25) is 0 Å². The van der Waals surface area contributed by atoms with Gasteiger partial charge in [0.15, 0.2) is 0 Å². The van der Waals surface area contributed by atoms with E-state index in [9.17, 15) is 31.1 Å². The second kappa shape index (κ2) is 6.18. The van der Waals surface area contributed by atoms with E-state index in [1.165, 1.54) is 24.3 Å². The first kappa shape index (κ1) is 17.8. The molecule has 2 rings (SSSR count). The van der Waals surface area contributed by atoms with Gasteiger partial charge >= 0.3 is 18.3 Å². The van der Waals surface area contributed by atoms with E-state index >= 15 is 0 Å². The zero-order valence-corrected chi connectivity index (χ0v) is 12.1. The molecule has 0 aromatic heterocycles. The van der Waals surface area contributed by atoms with Crippen LogP contribution in [0.1, 0.15) is 21.5 Å². The lowest BCUT2D eigenvalue weighted by atomic mass is 9.98. The molecule has 0 aliphatic heterocycles. The first-order chi connectivity index (χ1) is 11.0. The number of alkyl halides is 6. The molecule has 8 heteroatoms. The molecule has 128 valence electrons. The van der Waals surface area contributed by atoms with Gasteiger partial charge in [0.2, 0.25) is 0 Å². The van der Waals surface area contributed by atoms with Crippen molar-refractivity contribution in [3.63, 3.8) is 0 Å². The average Bonchev–Trinajstić information content (AvgIpc) is 2.52. The van der Waals surface area contributed by atoms with E-state index in [-0.39, 0.29) is 22.8 Å². The molecule has 2 nitrogen and oxygen atoms in total. The largest absolute Gasteiger partial charge is 0.465 e. The molecule has 0 N–H and O–H groups in total. The Bertz CT molecular complexity index is 712. The Labute approximate surface area is 132 Å². The molecule has 0 bridgehead atoms. The Kier molecular flexibility index (Phi) is 4.59. The summed E-state index contributed by atoms with van der Waals surface area (Å²) in [5.41, 5.74) is -2.81. The smallest absolute Gasteiger partial charge is 0.416 e. The third-order valence-electron chi connectivity index (χ3n) is 3.23. The van der Waals surface area contributed by atoms with Gasteiger partial charge in [-0.15, -0.1) is 0 Å². The predicted molar refractivity (Wildman–Crippen MR) is 73.2 cm³/mol. The van der Waals surface area contributed by atoms with Crippen LogP contribution in [-0.2, 0) is 17.1 Å². The van der Waals surface area contributed by atoms with Gasteiger partial charge in [0.25, 0.3) is 0 Å². The molecule has 0 aliphatic carbocycles. The van der Waals surface area contributed by atoms with Crippen molar-refractivity contribution >= 4 is 5.97 Å². The molecule has 2 aromatic carbocycles. The number of esters is 1. The zero-order valence-electron chi connectivity index (χ0n) is 12.1. The van der Waals surface area contributed by atoms with E-state index in [4.69, 9.17) is 0 Å². The normalized spacial score (nSPS) is 12.1. The summed E-state index contributed by atoms with van der Waals surface area (Å²) in [4.78, 5) is 11.3. The summed E-state index contributed by atoms with van der Waals surface area (Å²) in [6, 6.07) is 6.34. The van der Waals surface area contributed by atoms with E-state index < -0.39 is 29.4 Å². The van der Waals surface area contributed by atoms with Crippen LogP contribution in [0.25, 0.3) is 11.1 Å². The zero-order chi connectivity index (χ0) is 18.1. The van der Waals surface area contributed by atoms with Crippen LogP contribution in [-0.4, -0.2) is 13.1 Å². The van der Waals surface area contributed by atoms with Gasteiger partial charge < -0.3 is 4.74 Å². The Morgan fingerprint density at radius 3 is 1.62 bits per heavy atom. The minimum atomic E-state index is -4.91. The highest BCUT2D eigenvalue weighted by Crippen LogP contribution is 2.38. The van der Waals surface area contributed by atoms with E-state index in [2.05, 4.69) is 4.74 Å². The number of rotatable bonds is 2. The predicted octanol–water partition coefficient (Wildman–Crippen LogP) is 5.18. The maximum atomic E-state index is 12.8. The van der Waals surface area contributed by atoms with Gasteiger partial charge in [-0.2, -0.15) is 26.3 Å². The van der Waals surface area contributed by atoms with Crippen LogP contribution in [0.15, 0.2) is 42.5 Å². The number of hydrogen-bond donors (Lipinski definition) is 0. The van der Waals surface area contributed by atoms with Crippen molar-refractivity contribution in [2.24, 2.45) is 0 Å². The molecule has 0 spiro atoms. The van der Waals surface area contributed by atoms with Crippen molar-refractivity contribution in [3.05, 3.63) is 59.2 Å². The monoisotopic (exact) mass is 348 g/mol. The van der Waals surface area contributed by atoms with Gasteiger partial charge in [0.05, 0.1) is 23.8 Å². The summed E-state index contributed by atoms with van der Waals surface area (Å²) in [5.74, 6) is -0.665. The number of halogens is 6. The fourth-order valence-electron chi connectivity index (χ4n) is 2.04. The molecule has 0 heterocycles. The number of ether oxygens (including phenoxy) is 1. The molecule has 0 unspecified atom stereocenters. The summed E-state index contributed by atoms with van der Waals surface area (Å²) in [6.07, 6.45) is -9.83. The lowest BCUT2D eigenvalue weighted by Gasteiger charge is -2.14. The fourth-order valence-corrected chi connectivity index (χ4v) is 2.04. The van der Waals surface area contributed by atoms with Crippen molar-refractivity contribution in [2.45, 2.75) is 12.4 Å². The summed E-state index contributed by atoms with van der Waals surface area (Å²) in [7, 11) is 1.15. The molecular weight excluding hydrogens is 338 g/mol. The highest BCUT2D eigenvalue weighted by molar-refractivity contribution is 5.90. The minimum Gasteiger partial charge on any atom is -0.465 e.